The van der Waals surface area contributed by atoms with Crippen molar-refractivity contribution < 1.29 is 43.7 Å². The number of ether oxygens (including phenoxy) is 1. The molecule has 0 heterocycles. The van der Waals surface area contributed by atoms with Crippen molar-refractivity contribution in [1.29, 1.82) is 0 Å². The quantitative estimate of drug-likeness (QED) is 0.201. The third-order valence-electron chi connectivity index (χ3n) is 1.54. The third-order valence-corrected chi connectivity index (χ3v) is 2.03. The van der Waals surface area contributed by atoms with Crippen LogP contribution in [-0.4, -0.2) is 56.7 Å². The van der Waals surface area contributed by atoms with Crippen LogP contribution in [0.2, 0.25) is 0 Å². The molecule has 10 heteroatoms. The number of carbonyl (C=O) groups excluding carboxylic acids is 1. The van der Waals surface area contributed by atoms with Crippen molar-refractivity contribution in [1.82, 2.24) is 0 Å². The van der Waals surface area contributed by atoms with Crippen molar-refractivity contribution in [3.05, 3.63) is 0 Å². The number of carbonyl (C=O) groups is 1. The maximum Gasteiger partial charge on any atom is 0.472 e. The Morgan fingerprint density at radius 3 is 2.19 bits per heavy atom. The fourth-order valence-corrected chi connectivity index (χ4v) is 1.17. The molecule has 0 spiro atoms. The lowest BCUT2D eigenvalue weighted by Crippen LogP contribution is -2.39. The minimum absolute atomic E-state index is 0.654. The van der Waals surface area contributed by atoms with Crippen LogP contribution in [0.4, 0.5) is 0 Å². The number of methoxy groups -OCH3 is 1. The molecule has 0 aromatic heterocycles. The lowest BCUT2D eigenvalue weighted by Gasteiger charge is -2.22. The van der Waals surface area contributed by atoms with E-state index in [1.165, 1.54) is 0 Å². The van der Waals surface area contributed by atoms with E-state index >= 15 is 0 Å². The molecule has 0 amide bonds. The molecule has 3 atom stereocenters. The zero-order valence-electron chi connectivity index (χ0n) is 8.26. The van der Waals surface area contributed by atoms with Gasteiger partial charge < -0.3 is 29.8 Å². The largest absolute Gasteiger partial charge is 0.472 e. The first-order valence-electron chi connectivity index (χ1n) is 4.02. The van der Waals surface area contributed by atoms with E-state index in [2.05, 4.69) is 9.26 Å². The normalized spacial score (nSPS) is 17.6. The zero-order valence-corrected chi connectivity index (χ0v) is 9.15. The number of rotatable bonds is 6. The van der Waals surface area contributed by atoms with Crippen LogP contribution in [0.25, 0.3) is 0 Å². The molecule has 0 fully saturated rings. The van der Waals surface area contributed by atoms with Crippen LogP contribution in [0, 0.1) is 0 Å². The highest BCUT2D eigenvalue weighted by Gasteiger charge is 2.32. The molecule has 0 aliphatic carbocycles. The van der Waals surface area contributed by atoms with Crippen molar-refractivity contribution in [2.45, 2.75) is 24.9 Å². The highest BCUT2D eigenvalue weighted by atomic mass is 31.2. The maximum atomic E-state index is 10.7. The van der Waals surface area contributed by atoms with E-state index in [0.717, 1.165) is 7.11 Å². The van der Waals surface area contributed by atoms with Crippen molar-refractivity contribution in [2.24, 2.45) is 0 Å². The van der Waals surface area contributed by atoms with Gasteiger partial charge in [-0.1, -0.05) is 0 Å². The van der Waals surface area contributed by atoms with Gasteiger partial charge >= 0.3 is 13.8 Å². The topological polar surface area (TPSA) is 154 Å². The van der Waals surface area contributed by atoms with Gasteiger partial charge in [0.2, 0.25) is 0 Å². The lowest BCUT2D eigenvalue weighted by atomic mass is 10.1. The number of hydrogen-bond donors (Lipinski definition) is 5. The van der Waals surface area contributed by atoms with Gasteiger partial charge in [-0.15, -0.1) is 0 Å². The van der Waals surface area contributed by atoms with E-state index in [4.69, 9.17) is 25.1 Å². The molecule has 0 aliphatic rings. The Hall–Kier alpha value is -0.540. The lowest BCUT2D eigenvalue weighted by molar-refractivity contribution is -0.162. The second-order valence-corrected chi connectivity index (χ2v) is 4.02. The van der Waals surface area contributed by atoms with Gasteiger partial charge in [0.05, 0.1) is 19.6 Å². The average molecular weight is 260 g/mol. The van der Waals surface area contributed by atoms with Crippen LogP contribution in [-0.2, 0) is 18.6 Å². The molecule has 0 rings (SSSR count). The van der Waals surface area contributed by atoms with Crippen molar-refractivity contribution in [2.75, 3.05) is 7.11 Å². The standard InChI is InChI=1S/C6H13O9P/c1-14-4(8)2-3(7)5(9)6(10)15-16(11,12)13/h3,5-7,9-10H,2H2,1H3,(H2,11,12,13)/t3-,5-,6?/m0/s1. The van der Waals surface area contributed by atoms with Gasteiger partial charge in [-0.3, -0.25) is 9.32 Å². The second-order valence-electron chi connectivity index (χ2n) is 2.82. The molecular weight excluding hydrogens is 247 g/mol. The van der Waals surface area contributed by atoms with Crippen LogP contribution < -0.4 is 0 Å². The smallest absolute Gasteiger partial charge is 0.469 e. The first-order chi connectivity index (χ1) is 7.17. The minimum Gasteiger partial charge on any atom is -0.469 e. The van der Waals surface area contributed by atoms with Crippen LogP contribution in [0.1, 0.15) is 6.42 Å². The Bertz CT molecular complexity index is 273. The van der Waals surface area contributed by atoms with Crippen molar-refractivity contribution >= 4 is 13.8 Å². The predicted molar refractivity (Wildman–Crippen MR) is 47.8 cm³/mol. The molecule has 0 bridgehead atoms. The van der Waals surface area contributed by atoms with Crippen LogP contribution in [0.3, 0.4) is 0 Å². The molecule has 0 saturated heterocycles. The molecule has 96 valence electrons. The van der Waals surface area contributed by atoms with Crippen LogP contribution in [0.5, 0.6) is 0 Å². The maximum absolute atomic E-state index is 10.7. The molecule has 0 aromatic rings. The summed E-state index contributed by atoms with van der Waals surface area (Å²) < 4.78 is 18.1. The van der Waals surface area contributed by atoms with Crippen LogP contribution >= 0.6 is 7.82 Å². The predicted octanol–water partition coefficient (Wildman–Crippen LogP) is -2.30. The first-order valence-corrected chi connectivity index (χ1v) is 5.55. The molecule has 5 N–H and O–H groups in total. The number of esters is 1. The highest BCUT2D eigenvalue weighted by molar-refractivity contribution is 7.46. The summed E-state index contributed by atoms with van der Waals surface area (Å²) in [6.45, 7) is 0. The summed E-state index contributed by atoms with van der Waals surface area (Å²) >= 11 is 0. The summed E-state index contributed by atoms with van der Waals surface area (Å²) in [5, 5.41) is 27.2. The number of phosphoric ester groups is 1. The second kappa shape index (κ2) is 6.26. The van der Waals surface area contributed by atoms with Gasteiger partial charge in [-0.2, -0.15) is 0 Å². The van der Waals surface area contributed by atoms with Gasteiger partial charge in [-0.05, 0) is 0 Å². The van der Waals surface area contributed by atoms with Gasteiger partial charge in [0.25, 0.3) is 0 Å². The first kappa shape index (κ1) is 15.5. The monoisotopic (exact) mass is 260 g/mol. The SMILES string of the molecule is COC(=O)C[C@H](O)[C@H](O)C(O)OP(=O)(O)O. The summed E-state index contributed by atoms with van der Waals surface area (Å²) in [6, 6.07) is 0. The molecule has 16 heavy (non-hydrogen) atoms. The minimum atomic E-state index is -4.99. The van der Waals surface area contributed by atoms with E-state index < -0.39 is 38.7 Å². The fraction of sp³-hybridized carbons (Fsp3) is 0.833. The summed E-state index contributed by atoms with van der Waals surface area (Å²) in [5.74, 6) is -0.866. The molecule has 0 aliphatic heterocycles. The van der Waals surface area contributed by atoms with Crippen molar-refractivity contribution in [3.8, 4) is 0 Å². The van der Waals surface area contributed by atoms with Gasteiger partial charge in [-0.25, -0.2) is 4.57 Å². The number of aliphatic hydroxyl groups excluding tert-OH is 3. The Morgan fingerprint density at radius 2 is 1.81 bits per heavy atom. The molecule has 9 nitrogen and oxygen atoms in total. The summed E-state index contributed by atoms with van der Waals surface area (Å²) in [7, 11) is -3.95. The van der Waals surface area contributed by atoms with Gasteiger partial charge in [0.15, 0.2) is 6.29 Å². The molecule has 0 radical (unpaired) electrons. The van der Waals surface area contributed by atoms with E-state index in [0.29, 0.717) is 0 Å². The zero-order chi connectivity index (χ0) is 12.9. The highest BCUT2D eigenvalue weighted by Crippen LogP contribution is 2.37. The Morgan fingerprint density at radius 1 is 1.31 bits per heavy atom. The molecule has 0 saturated carbocycles. The molecular formula is C6H13O9P. The van der Waals surface area contributed by atoms with Gasteiger partial charge in [0, 0.05) is 0 Å². The average Bonchev–Trinajstić information content (AvgIpc) is 2.13. The molecule has 0 aromatic carbocycles. The van der Waals surface area contributed by atoms with E-state index in [9.17, 15) is 9.36 Å². The van der Waals surface area contributed by atoms with E-state index in [-0.39, 0.29) is 0 Å². The number of phosphoric acid groups is 1. The fourth-order valence-electron chi connectivity index (χ4n) is 0.768. The summed E-state index contributed by atoms with van der Waals surface area (Å²) in [4.78, 5) is 27.2. The van der Waals surface area contributed by atoms with E-state index in [1.54, 1.807) is 0 Å². The molecule has 1 unspecified atom stereocenters. The van der Waals surface area contributed by atoms with E-state index in [1.807, 2.05) is 0 Å². The summed E-state index contributed by atoms with van der Waals surface area (Å²) in [6.07, 6.45) is -6.79. The summed E-state index contributed by atoms with van der Waals surface area (Å²) in [5.41, 5.74) is 0. The van der Waals surface area contributed by atoms with Crippen LogP contribution in [0.15, 0.2) is 0 Å². The Balaban J connectivity index is 4.26. The third kappa shape index (κ3) is 6.13. The number of hydrogen-bond acceptors (Lipinski definition) is 7. The number of aliphatic hydroxyl groups is 3. The Kier molecular flexibility index (Phi) is 6.05. The Labute approximate surface area is 90.5 Å². The van der Waals surface area contributed by atoms with Crippen molar-refractivity contribution in [3.63, 3.8) is 0 Å². The van der Waals surface area contributed by atoms with Gasteiger partial charge in [0.1, 0.15) is 6.10 Å².